The van der Waals surface area contributed by atoms with Crippen molar-refractivity contribution >= 4 is 23.8 Å². The number of benzene rings is 2. The highest BCUT2D eigenvalue weighted by Crippen LogP contribution is 2.35. The van der Waals surface area contributed by atoms with Crippen LogP contribution >= 0.6 is 0 Å². The number of nitrogens with zero attached hydrogens (tertiary/aromatic N) is 2. The molecule has 0 aromatic heterocycles. The van der Waals surface area contributed by atoms with Gasteiger partial charge in [-0.25, -0.2) is 4.79 Å². The van der Waals surface area contributed by atoms with Crippen LogP contribution in [-0.2, 0) is 20.9 Å². The highest BCUT2D eigenvalue weighted by Gasteiger charge is 2.32. The van der Waals surface area contributed by atoms with E-state index >= 15 is 0 Å². The van der Waals surface area contributed by atoms with Crippen molar-refractivity contribution in [3.8, 4) is 11.5 Å². The van der Waals surface area contributed by atoms with Gasteiger partial charge in [0.25, 0.3) is 5.91 Å². The van der Waals surface area contributed by atoms with Crippen LogP contribution in [-0.4, -0.2) is 72.1 Å². The minimum atomic E-state index is -0.573. The molecule has 2 saturated heterocycles. The Labute approximate surface area is 246 Å². The summed E-state index contributed by atoms with van der Waals surface area (Å²) in [5.41, 5.74) is 2.15. The lowest BCUT2D eigenvalue weighted by atomic mass is 9.83. The molecule has 3 heterocycles. The third-order valence-electron chi connectivity index (χ3n) is 7.98. The monoisotopic (exact) mass is 577 g/mol. The van der Waals surface area contributed by atoms with Crippen LogP contribution in [0.4, 0.5) is 4.79 Å². The van der Waals surface area contributed by atoms with Gasteiger partial charge in [-0.05, 0) is 74.9 Å². The van der Waals surface area contributed by atoms with Crippen LogP contribution < -0.4 is 14.8 Å². The van der Waals surface area contributed by atoms with Gasteiger partial charge in [-0.2, -0.15) is 0 Å². The van der Waals surface area contributed by atoms with E-state index in [9.17, 15) is 19.2 Å². The van der Waals surface area contributed by atoms with Gasteiger partial charge in [0, 0.05) is 44.0 Å². The molecule has 2 atom stereocenters. The average Bonchev–Trinajstić information content (AvgIpc) is 3.38. The van der Waals surface area contributed by atoms with Crippen molar-refractivity contribution in [1.29, 1.82) is 0 Å². The minimum absolute atomic E-state index is 0.0864. The molecule has 10 nitrogen and oxygen atoms in total. The van der Waals surface area contributed by atoms with Crippen LogP contribution in [0.25, 0.3) is 0 Å². The molecule has 3 aliphatic heterocycles. The maximum absolute atomic E-state index is 12.9. The third kappa shape index (κ3) is 7.03. The van der Waals surface area contributed by atoms with E-state index < -0.39 is 5.60 Å². The minimum Gasteiger partial charge on any atom is -0.493 e. The molecule has 4 amide bonds. The second-order valence-electron chi connectivity index (χ2n) is 12.1. The standard InChI is InChI=1S/C32H39N3O7/c1-32(2,3)42-31(39)34-14-12-23(20-41-25-9-6-22-19-33-30(38)27(22)18-25)26(13-15-34)21-4-7-24(8-5-21)40-17-16-35-28(36)10-11-29(35)37/h4-9,18,23,26H,10-17,19-20H2,1-3H3,(H,33,38)/t23-,26-/m0/s1. The molecule has 0 radical (unpaired) electrons. The molecule has 0 saturated carbocycles. The number of ether oxygens (including phenoxy) is 3. The Bertz CT molecular complexity index is 1320. The average molecular weight is 578 g/mol. The zero-order chi connectivity index (χ0) is 29.9. The van der Waals surface area contributed by atoms with Crippen molar-refractivity contribution in [2.75, 3.05) is 32.8 Å². The molecule has 224 valence electrons. The van der Waals surface area contributed by atoms with E-state index in [0.29, 0.717) is 43.3 Å². The smallest absolute Gasteiger partial charge is 0.410 e. The first-order valence-electron chi connectivity index (χ1n) is 14.7. The Kier molecular flexibility index (Phi) is 8.70. The van der Waals surface area contributed by atoms with E-state index in [1.165, 1.54) is 4.90 Å². The van der Waals surface area contributed by atoms with Gasteiger partial charge in [-0.3, -0.25) is 19.3 Å². The largest absolute Gasteiger partial charge is 0.493 e. The zero-order valence-electron chi connectivity index (χ0n) is 24.5. The zero-order valence-corrected chi connectivity index (χ0v) is 24.5. The fraction of sp³-hybridized carbons (Fsp3) is 0.500. The Hall–Kier alpha value is -4.08. The number of hydrogen-bond acceptors (Lipinski definition) is 7. The summed E-state index contributed by atoms with van der Waals surface area (Å²) in [5.74, 6) is 1.15. The molecular formula is C32H39N3O7. The number of rotatable bonds is 8. The lowest BCUT2D eigenvalue weighted by Crippen LogP contribution is -2.37. The molecule has 2 aromatic rings. The summed E-state index contributed by atoms with van der Waals surface area (Å²) in [5, 5.41) is 2.83. The van der Waals surface area contributed by atoms with Crippen LogP contribution in [0.5, 0.6) is 11.5 Å². The highest BCUT2D eigenvalue weighted by atomic mass is 16.6. The van der Waals surface area contributed by atoms with Gasteiger partial charge < -0.3 is 24.4 Å². The molecule has 10 heteroatoms. The van der Waals surface area contributed by atoms with Crippen molar-refractivity contribution in [3.05, 3.63) is 59.2 Å². The van der Waals surface area contributed by atoms with Gasteiger partial charge in [-0.15, -0.1) is 0 Å². The second kappa shape index (κ2) is 12.4. The van der Waals surface area contributed by atoms with E-state index in [1.54, 1.807) is 11.0 Å². The molecule has 42 heavy (non-hydrogen) atoms. The molecule has 1 N–H and O–H groups in total. The van der Waals surface area contributed by atoms with Crippen molar-refractivity contribution in [1.82, 2.24) is 15.1 Å². The number of hydrogen-bond donors (Lipinski definition) is 1. The predicted octanol–water partition coefficient (Wildman–Crippen LogP) is 4.27. The highest BCUT2D eigenvalue weighted by molar-refractivity contribution is 6.02. The Morgan fingerprint density at radius 3 is 2.33 bits per heavy atom. The number of fused-ring (bicyclic) bond motifs is 1. The van der Waals surface area contributed by atoms with E-state index in [0.717, 1.165) is 24.0 Å². The quantitative estimate of drug-likeness (QED) is 0.466. The SMILES string of the molecule is CC(C)(C)OC(=O)N1CC[C@@H](COc2ccc3c(c2)C(=O)NC3)[C@H](c2ccc(OCCN3C(=O)CCC3=O)cc2)CC1. The first-order chi connectivity index (χ1) is 20.1. The summed E-state index contributed by atoms with van der Waals surface area (Å²) in [6, 6.07) is 13.5. The molecule has 0 aliphatic carbocycles. The number of imide groups is 1. The van der Waals surface area contributed by atoms with Gasteiger partial charge in [0.1, 0.15) is 23.7 Å². The summed E-state index contributed by atoms with van der Waals surface area (Å²) in [6.45, 7) is 8.16. The molecular weight excluding hydrogens is 538 g/mol. The number of amides is 4. The summed E-state index contributed by atoms with van der Waals surface area (Å²) in [7, 11) is 0. The molecule has 0 unspecified atom stereocenters. The van der Waals surface area contributed by atoms with Crippen LogP contribution in [0.1, 0.15) is 73.9 Å². The maximum atomic E-state index is 12.9. The first kappa shape index (κ1) is 29.4. The van der Waals surface area contributed by atoms with E-state index in [4.69, 9.17) is 14.2 Å². The van der Waals surface area contributed by atoms with Crippen molar-refractivity contribution in [3.63, 3.8) is 0 Å². The van der Waals surface area contributed by atoms with Crippen LogP contribution in [0, 0.1) is 5.92 Å². The number of carbonyl (C=O) groups is 4. The van der Waals surface area contributed by atoms with Gasteiger partial charge in [0.05, 0.1) is 13.2 Å². The van der Waals surface area contributed by atoms with Crippen LogP contribution in [0.3, 0.4) is 0 Å². The Balaban J connectivity index is 1.26. The molecule has 3 aliphatic rings. The fourth-order valence-electron chi connectivity index (χ4n) is 5.74. The van der Waals surface area contributed by atoms with E-state index in [-0.39, 0.29) is 61.6 Å². The molecule has 2 fully saturated rings. The van der Waals surface area contributed by atoms with Crippen molar-refractivity contribution in [2.45, 2.75) is 64.5 Å². The Morgan fingerprint density at radius 1 is 0.929 bits per heavy atom. The lowest BCUT2D eigenvalue weighted by molar-refractivity contribution is -0.138. The summed E-state index contributed by atoms with van der Waals surface area (Å²) < 4.78 is 17.7. The lowest BCUT2D eigenvalue weighted by Gasteiger charge is -2.26. The van der Waals surface area contributed by atoms with Crippen LogP contribution in [0.2, 0.25) is 0 Å². The Morgan fingerprint density at radius 2 is 1.62 bits per heavy atom. The van der Waals surface area contributed by atoms with E-state index in [1.807, 2.05) is 57.2 Å². The molecule has 2 aromatic carbocycles. The summed E-state index contributed by atoms with van der Waals surface area (Å²) in [6.07, 6.45) is 1.69. The van der Waals surface area contributed by atoms with Gasteiger partial charge in [-0.1, -0.05) is 18.2 Å². The van der Waals surface area contributed by atoms with E-state index in [2.05, 4.69) is 5.32 Å². The topological polar surface area (TPSA) is 114 Å². The van der Waals surface area contributed by atoms with Gasteiger partial charge in [0.15, 0.2) is 0 Å². The number of likely N-dealkylation sites (tertiary alicyclic amines) is 2. The van der Waals surface area contributed by atoms with Gasteiger partial charge in [0.2, 0.25) is 11.8 Å². The fourth-order valence-corrected chi connectivity index (χ4v) is 5.74. The molecule has 5 rings (SSSR count). The second-order valence-corrected chi connectivity index (χ2v) is 12.1. The van der Waals surface area contributed by atoms with Crippen molar-refractivity contribution < 1.29 is 33.4 Å². The van der Waals surface area contributed by atoms with Crippen molar-refractivity contribution in [2.24, 2.45) is 5.92 Å². The number of carbonyl (C=O) groups excluding carboxylic acids is 4. The molecule has 0 spiro atoms. The maximum Gasteiger partial charge on any atom is 0.410 e. The number of nitrogens with one attached hydrogen (secondary N) is 1. The first-order valence-corrected chi connectivity index (χ1v) is 14.7. The van der Waals surface area contributed by atoms with Gasteiger partial charge >= 0.3 is 6.09 Å². The third-order valence-corrected chi connectivity index (χ3v) is 7.98. The summed E-state index contributed by atoms with van der Waals surface area (Å²) >= 11 is 0. The predicted molar refractivity (Wildman–Crippen MR) is 154 cm³/mol. The van der Waals surface area contributed by atoms with Crippen LogP contribution in [0.15, 0.2) is 42.5 Å². The normalized spacial score (nSPS) is 20.7. The molecule has 0 bridgehead atoms. The summed E-state index contributed by atoms with van der Waals surface area (Å²) in [4.78, 5) is 51.7.